The van der Waals surface area contributed by atoms with Crippen LogP contribution in [-0.4, -0.2) is 35.6 Å². The van der Waals surface area contributed by atoms with Crippen molar-refractivity contribution in [2.75, 3.05) is 6.61 Å². The number of amides is 2. The maximum absolute atomic E-state index is 13.6. The molecule has 1 saturated carbocycles. The molecule has 10 heteroatoms. The smallest absolute Gasteiger partial charge is 0.245 e. The van der Waals surface area contributed by atoms with Gasteiger partial charge in [0.05, 0.1) is 12.2 Å². The van der Waals surface area contributed by atoms with Crippen molar-refractivity contribution < 1.29 is 36.6 Å². The van der Waals surface area contributed by atoms with Crippen molar-refractivity contribution >= 4 is 17.9 Å². The Kier molecular flexibility index (Phi) is 8.76. The van der Waals surface area contributed by atoms with Gasteiger partial charge in [-0.15, -0.1) is 0 Å². The number of aliphatic hydroxyl groups is 1. The van der Waals surface area contributed by atoms with Crippen molar-refractivity contribution in [3.63, 3.8) is 0 Å². The van der Waals surface area contributed by atoms with Gasteiger partial charge in [0.2, 0.25) is 17.6 Å². The molecular formula is C20H23F5N2O3. The zero-order chi connectivity index (χ0) is 22.3. The van der Waals surface area contributed by atoms with Crippen LogP contribution in [0.25, 0.3) is 6.08 Å². The van der Waals surface area contributed by atoms with Gasteiger partial charge in [-0.1, -0.05) is 32.1 Å². The quantitative estimate of drug-likeness (QED) is 0.279. The molecule has 0 saturated heterocycles. The molecule has 1 aliphatic rings. The summed E-state index contributed by atoms with van der Waals surface area (Å²) in [6.45, 7) is -0.735. The van der Waals surface area contributed by atoms with Crippen LogP contribution in [-0.2, 0) is 9.59 Å². The number of aliphatic hydroxyl groups excluding tert-OH is 1. The molecule has 0 heterocycles. The Labute approximate surface area is 170 Å². The van der Waals surface area contributed by atoms with Crippen LogP contribution in [0.5, 0.6) is 0 Å². The van der Waals surface area contributed by atoms with Gasteiger partial charge < -0.3 is 15.7 Å². The van der Waals surface area contributed by atoms with Crippen LogP contribution in [0.2, 0.25) is 0 Å². The second-order valence-electron chi connectivity index (χ2n) is 7.11. The van der Waals surface area contributed by atoms with E-state index >= 15 is 0 Å². The third-order valence-corrected chi connectivity index (χ3v) is 4.91. The Hall–Kier alpha value is -2.49. The lowest BCUT2D eigenvalue weighted by Gasteiger charge is -2.23. The molecule has 5 nitrogen and oxygen atoms in total. The second kappa shape index (κ2) is 11.1. The maximum Gasteiger partial charge on any atom is 0.245 e. The third-order valence-electron chi connectivity index (χ3n) is 4.91. The third kappa shape index (κ3) is 6.01. The van der Waals surface area contributed by atoms with E-state index < -0.39 is 59.1 Å². The van der Waals surface area contributed by atoms with E-state index in [0.717, 1.165) is 44.9 Å². The van der Waals surface area contributed by atoms with E-state index in [2.05, 4.69) is 10.6 Å². The van der Waals surface area contributed by atoms with Crippen molar-refractivity contribution in [1.82, 2.24) is 10.6 Å². The van der Waals surface area contributed by atoms with Gasteiger partial charge in [0.1, 0.15) is 6.04 Å². The van der Waals surface area contributed by atoms with E-state index in [0.29, 0.717) is 12.2 Å². The highest BCUT2D eigenvalue weighted by molar-refractivity contribution is 5.95. The topological polar surface area (TPSA) is 78.4 Å². The van der Waals surface area contributed by atoms with Crippen molar-refractivity contribution in [2.24, 2.45) is 0 Å². The Bertz CT molecular complexity index is 779. The second-order valence-corrected chi connectivity index (χ2v) is 7.11. The number of nitrogens with one attached hydrogen (secondary N) is 2. The summed E-state index contributed by atoms with van der Waals surface area (Å²) >= 11 is 0. The highest BCUT2D eigenvalue weighted by Crippen LogP contribution is 2.24. The largest absolute Gasteiger partial charge is 0.394 e. The van der Waals surface area contributed by atoms with Crippen LogP contribution < -0.4 is 10.6 Å². The lowest BCUT2D eigenvalue weighted by molar-refractivity contribution is -0.128. The maximum atomic E-state index is 13.6. The summed E-state index contributed by atoms with van der Waals surface area (Å²) in [4.78, 5) is 24.3. The molecule has 166 valence electrons. The number of carbonyl (C=O) groups is 2. The summed E-state index contributed by atoms with van der Waals surface area (Å²) in [7, 11) is 0. The minimum atomic E-state index is -2.31. The zero-order valence-corrected chi connectivity index (χ0v) is 16.1. The number of carbonyl (C=O) groups excluding carboxylic acids is 2. The SMILES string of the molecule is O=C(C=Cc1c(F)c(F)c(F)c(F)c1F)N[C@@H](CO)C(=O)NC1CCCCCCC1. The number of halogens is 5. The van der Waals surface area contributed by atoms with Crippen molar-refractivity contribution in [1.29, 1.82) is 0 Å². The molecule has 2 amide bonds. The van der Waals surface area contributed by atoms with E-state index in [9.17, 15) is 36.6 Å². The predicted octanol–water partition coefficient (Wildman–Crippen LogP) is 3.10. The van der Waals surface area contributed by atoms with E-state index in [1.165, 1.54) is 0 Å². The molecule has 30 heavy (non-hydrogen) atoms. The molecule has 3 N–H and O–H groups in total. The first-order valence-electron chi connectivity index (χ1n) is 9.67. The van der Waals surface area contributed by atoms with Crippen LogP contribution in [0.4, 0.5) is 22.0 Å². The summed E-state index contributed by atoms with van der Waals surface area (Å²) in [6.07, 6.45) is 7.65. The fourth-order valence-corrected chi connectivity index (χ4v) is 3.24. The van der Waals surface area contributed by atoms with Gasteiger partial charge in [-0.25, -0.2) is 22.0 Å². The minimum absolute atomic E-state index is 0.0901. The number of benzene rings is 1. The fourth-order valence-electron chi connectivity index (χ4n) is 3.24. The van der Waals surface area contributed by atoms with Crippen molar-refractivity contribution in [2.45, 2.75) is 57.0 Å². The average Bonchev–Trinajstić information content (AvgIpc) is 2.70. The number of hydrogen-bond acceptors (Lipinski definition) is 3. The highest BCUT2D eigenvalue weighted by Gasteiger charge is 2.25. The molecular weight excluding hydrogens is 411 g/mol. The fraction of sp³-hybridized carbons (Fsp3) is 0.500. The van der Waals surface area contributed by atoms with Crippen molar-refractivity contribution in [3.05, 3.63) is 40.7 Å². The molecule has 0 radical (unpaired) electrons. The molecule has 0 bridgehead atoms. The summed E-state index contributed by atoms with van der Waals surface area (Å²) in [5.74, 6) is -12.4. The number of rotatable bonds is 6. The van der Waals surface area contributed by atoms with Gasteiger partial charge in [0.15, 0.2) is 23.3 Å². The molecule has 0 aliphatic heterocycles. The molecule has 1 fully saturated rings. The normalized spacial score (nSPS) is 16.7. The van der Waals surface area contributed by atoms with E-state index in [4.69, 9.17) is 0 Å². The van der Waals surface area contributed by atoms with E-state index in [-0.39, 0.29) is 6.04 Å². The highest BCUT2D eigenvalue weighted by atomic mass is 19.2. The van der Waals surface area contributed by atoms with Gasteiger partial charge in [0, 0.05) is 12.1 Å². The lowest BCUT2D eigenvalue weighted by Crippen LogP contribution is -2.51. The van der Waals surface area contributed by atoms with Gasteiger partial charge in [0.25, 0.3) is 0 Å². The lowest BCUT2D eigenvalue weighted by atomic mass is 9.96. The monoisotopic (exact) mass is 434 g/mol. The van der Waals surface area contributed by atoms with Gasteiger partial charge in [-0.05, 0) is 18.9 Å². The van der Waals surface area contributed by atoms with Gasteiger partial charge >= 0.3 is 0 Å². The standard InChI is InChI=1S/C20H23F5N2O3/c21-15-12(16(22)18(24)19(25)17(15)23)8-9-14(29)27-13(10-28)20(30)26-11-6-4-2-1-3-5-7-11/h8-9,11,13,28H,1-7,10H2,(H,26,30)(H,27,29)/t13-/m0/s1. The zero-order valence-electron chi connectivity index (χ0n) is 16.1. The van der Waals surface area contributed by atoms with Gasteiger partial charge in [-0.3, -0.25) is 9.59 Å². The summed E-state index contributed by atoms with van der Waals surface area (Å²) in [5.41, 5.74) is -1.29. The van der Waals surface area contributed by atoms with E-state index in [1.54, 1.807) is 0 Å². The molecule has 1 aliphatic carbocycles. The number of hydrogen-bond donors (Lipinski definition) is 3. The van der Waals surface area contributed by atoms with Crippen LogP contribution in [0, 0.1) is 29.1 Å². The summed E-state index contributed by atoms with van der Waals surface area (Å²) in [5, 5.41) is 14.3. The Balaban J connectivity index is 2.02. The Morgan fingerprint density at radius 2 is 1.40 bits per heavy atom. The first-order chi connectivity index (χ1) is 14.3. The minimum Gasteiger partial charge on any atom is -0.394 e. The Morgan fingerprint density at radius 1 is 0.900 bits per heavy atom. The molecule has 1 aromatic carbocycles. The Morgan fingerprint density at radius 3 is 1.93 bits per heavy atom. The molecule has 2 rings (SSSR count). The first-order valence-corrected chi connectivity index (χ1v) is 9.67. The van der Waals surface area contributed by atoms with Gasteiger partial charge in [-0.2, -0.15) is 0 Å². The van der Waals surface area contributed by atoms with Crippen LogP contribution >= 0.6 is 0 Å². The van der Waals surface area contributed by atoms with Crippen LogP contribution in [0.15, 0.2) is 6.08 Å². The van der Waals surface area contributed by atoms with Crippen LogP contribution in [0.3, 0.4) is 0 Å². The molecule has 0 spiro atoms. The van der Waals surface area contributed by atoms with Crippen LogP contribution in [0.1, 0.15) is 50.5 Å². The van der Waals surface area contributed by atoms with E-state index in [1.807, 2.05) is 0 Å². The average molecular weight is 434 g/mol. The first kappa shape index (κ1) is 23.8. The summed E-state index contributed by atoms with van der Waals surface area (Å²) < 4.78 is 66.7. The van der Waals surface area contributed by atoms with Crippen molar-refractivity contribution in [3.8, 4) is 0 Å². The molecule has 0 aromatic heterocycles. The molecule has 1 aromatic rings. The summed E-state index contributed by atoms with van der Waals surface area (Å²) in [6, 6.07) is -1.42. The predicted molar refractivity (Wildman–Crippen MR) is 98.5 cm³/mol. The molecule has 1 atom stereocenters. The molecule has 0 unspecified atom stereocenters.